The van der Waals surface area contributed by atoms with E-state index in [0.29, 0.717) is 10.0 Å². The van der Waals surface area contributed by atoms with Gasteiger partial charge in [-0.1, -0.05) is 24.3 Å². The monoisotopic (exact) mass is 304 g/mol. The molecule has 4 nitrogen and oxygen atoms in total. The van der Waals surface area contributed by atoms with Crippen molar-refractivity contribution in [2.75, 3.05) is 4.72 Å². The number of nitrogens with one attached hydrogen (secondary N) is 1. The fraction of sp³-hybridized carbons (Fsp3) is 0.0714. The summed E-state index contributed by atoms with van der Waals surface area (Å²) in [5.74, 6) is 0.336. The maximum absolute atomic E-state index is 12.3. The smallest absolute Gasteiger partial charge is 0.263 e. The molecule has 1 aromatic carbocycles. The lowest BCUT2D eigenvalue weighted by Gasteiger charge is -2.05. The number of rotatable bonds is 3. The number of sulfonamides is 1. The molecule has 0 saturated heterocycles. The van der Waals surface area contributed by atoms with E-state index in [4.69, 9.17) is 0 Å². The molecule has 0 unspecified atom stereocenters. The maximum Gasteiger partial charge on any atom is 0.272 e. The van der Waals surface area contributed by atoms with Crippen molar-refractivity contribution in [1.82, 2.24) is 4.98 Å². The van der Waals surface area contributed by atoms with Gasteiger partial charge in [0.1, 0.15) is 10.0 Å². The number of hydrogen-bond donors (Lipinski definition) is 1. The second kappa shape index (κ2) is 4.88. The maximum atomic E-state index is 12.3. The predicted molar refractivity (Wildman–Crippen MR) is 81.6 cm³/mol. The average Bonchev–Trinajstić information content (AvgIpc) is 2.82. The molecule has 0 amide bonds. The summed E-state index contributed by atoms with van der Waals surface area (Å²) in [6.07, 6.45) is 0. The van der Waals surface area contributed by atoms with Gasteiger partial charge in [-0.2, -0.15) is 0 Å². The van der Waals surface area contributed by atoms with Crippen LogP contribution in [0.3, 0.4) is 0 Å². The highest BCUT2D eigenvalue weighted by Gasteiger charge is 2.18. The summed E-state index contributed by atoms with van der Waals surface area (Å²) < 4.78 is 28.4. The fourth-order valence-corrected chi connectivity index (χ4v) is 4.28. The van der Waals surface area contributed by atoms with Crippen LogP contribution in [-0.4, -0.2) is 13.4 Å². The molecule has 6 heteroatoms. The zero-order valence-electron chi connectivity index (χ0n) is 10.7. The first-order chi connectivity index (χ1) is 9.54. The number of thiophene rings is 1. The van der Waals surface area contributed by atoms with Crippen molar-refractivity contribution in [2.24, 2.45) is 0 Å². The van der Waals surface area contributed by atoms with Gasteiger partial charge >= 0.3 is 0 Å². The average molecular weight is 304 g/mol. The zero-order valence-corrected chi connectivity index (χ0v) is 12.3. The quantitative estimate of drug-likeness (QED) is 0.806. The first-order valence-electron chi connectivity index (χ1n) is 6.00. The molecule has 0 bridgehead atoms. The second-order valence-corrected chi connectivity index (χ2v) is 7.37. The number of aromatic nitrogens is 1. The Labute approximate surface area is 121 Å². The van der Waals surface area contributed by atoms with Crippen LogP contribution in [0.25, 0.3) is 10.1 Å². The third kappa shape index (κ3) is 2.52. The minimum atomic E-state index is -3.59. The van der Waals surface area contributed by atoms with Gasteiger partial charge < -0.3 is 0 Å². The first kappa shape index (κ1) is 13.1. The molecule has 0 aliphatic heterocycles. The summed E-state index contributed by atoms with van der Waals surface area (Å²) in [6, 6.07) is 14.5. The second-order valence-electron chi connectivity index (χ2n) is 4.37. The van der Waals surface area contributed by atoms with Gasteiger partial charge in [0.25, 0.3) is 10.0 Å². The van der Waals surface area contributed by atoms with Crippen molar-refractivity contribution in [3.63, 3.8) is 0 Å². The van der Waals surface area contributed by atoms with Crippen molar-refractivity contribution in [1.29, 1.82) is 0 Å². The van der Waals surface area contributed by atoms with Gasteiger partial charge in [-0.05, 0) is 36.6 Å². The van der Waals surface area contributed by atoms with Gasteiger partial charge in [-0.25, -0.2) is 13.4 Å². The molecular formula is C14H12N2O2S2. The standard InChI is InChI=1S/C14H12N2O2S2/c1-10-5-4-8-13(15-10)16-20(17,18)14-9-11-6-2-3-7-12(11)19-14/h2-9H,1H3,(H,15,16). The molecule has 0 saturated carbocycles. The molecule has 0 aliphatic carbocycles. The molecule has 102 valence electrons. The van der Waals surface area contributed by atoms with Crippen molar-refractivity contribution < 1.29 is 8.42 Å². The molecule has 2 aromatic heterocycles. The molecule has 0 atom stereocenters. The normalized spacial score (nSPS) is 11.7. The zero-order chi connectivity index (χ0) is 14.2. The van der Waals surface area contributed by atoms with Crippen LogP contribution in [-0.2, 0) is 10.0 Å². The van der Waals surface area contributed by atoms with Gasteiger partial charge in [-0.3, -0.25) is 4.72 Å². The Hall–Kier alpha value is -1.92. The number of aryl methyl sites for hydroxylation is 1. The van der Waals surface area contributed by atoms with E-state index in [2.05, 4.69) is 9.71 Å². The summed E-state index contributed by atoms with van der Waals surface area (Å²) in [6.45, 7) is 1.82. The number of fused-ring (bicyclic) bond motifs is 1. The van der Waals surface area contributed by atoms with E-state index < -0.39 is 10.0 Å². The molecular weight excluding hydrogens is 292 g/mol. The Kier molecular flexibility index (Phi) is 3.19. The Morgan fingerprint density at radius 1 is 1.10 bits per heavy atom. The Morgan fingerprint density at radius 2 is 1.90 bits per heavy atom. The predicted octanol–water partition coefficient (Wildman–Crippen LogP) is 3.41. The van der Waals surface area contributed by atoms with Gasteiger partial charge in [-0.15, -0.1) is 11.3 Å². The lowest BCUT2D eigenvalue weighted by Crippen LogP contribution is -2.12. The molecule has 3 aromatic rings. The van der Waals surface area contributed by atoms with Crippen LogP contribution in [0.4, 0.5) is 5.82 Å². The number of hydrogen-bond acceptors (Lipinski definition) is 4. The molecule has 0 fully saturated rings. The molecule has 2 heterocycles. The largest absolute Gasteiger partial charge is 0.272 e. The molecule has 0 aliphatic rings. The van der Waals surface area contributed by atoms with Crippen molar-refractivity contribution >= 4 is 37.3 Å². The van der Waals surface area contributed by atoms with Crippen LogP contribution >= 0.6 is 11.3 Å². The van der Waals surface area contributed by atoms with Gasteiger partial charge in [0.05, 0.1) is 0 Å². The van der Waals surface area contributed by atoms with Gasteiger partial charge in [0.2, 0.25) is 0 Å². The first-order valence-corrected chi connectivity index (χ1v) is 8.30. The molecule has 0 radical (unpaired) electrons. The number of nitrogens with zero attached hydrogens (tertiary/aromatic N) is 1. The summed E-state index contributed by atoms with van der Waals surface area (Å²) in [5.41, 5.74) is 0.765. The fourth-order valence-electron chi connectivity index (χ4n) is 1.88. The topological polar surface area (TPSA) is 59.1 Å². The van der Waals surface area contributed by atoms with Gasteiger partial charge in [0, 0.05) is 10.4 Å². The number of benzene rings is 1. The lowest BCUT2D eigenvalue weighted by atomic mass is 10.3. The van der Waals surface area contributed by atoms with E-state index in [1.165, 1.54) is 11.3 Å². The van der Waals surface area contributed by atoms with E-state index in [1.807, 2.05) is 37.3 Å². The molecule has 1 N–H and O–H groups in total. The van der Waals surface area contributed by atoms with Crippen LogP contribution in [0.15, 0.2) is 52.7 Å². The molecule has 20 heavy (non-hydrogen) atoms. The van der Waals surface area contributed by atoms with E-state index in [-0.39, 0.29) is 0 Å². The highest BCUT2D eigenvalue weighted by molar-refractivity contribution is 7.94. The van der Waals surface area contributed by atoms with Crippen LogP contribution in [0.5, 0.6) is 0 Å². The number of pyridine rings is 1. The van der Waals surface area contributed by atoms with Crippen molar-refractivity contribution in [3.8, 4) is 0 Å². The minimum Gasteiger partial charge on any atom is -0.263 e. The van der Waals surface area contributed by atoms with E-state index in [0.717, 1.165) is 15.8 Å². The summed E-state index contributed by atoms with van der Waals surface area (Å²) in [7, 11) is -3.59. The van der Waals surface area contributed by atoms with E-state index in [9.17, 15) is 8.42 Å². The van der Waals surface area contributed by atoms with E-state index in [1.54, 1.807) is 18.2 Å². The minimum absolute atomic E-state index is 0.294. The Bertz CT molecular complexity index is 837. The van der Waals surface area contributed by atoms with Gasteiger partial charge in [0.15, 0.2) is 0 Å². The van der Waals surface area contributed by atoms with Crippen LogP contribution < -0.4 is 4.72 Å². The van der Waals surface area contributed by atoms with Crippen LogP contribution in [0.1, 0.15) is 5.69 Å². The number of anilines is 1. The van der Waals surface area contributed by atoms with Crippen LogP contribution in [0, 0.1) is 6.92 Å². The Balaban J connectivity index is 1.99. The van der Waals surface area contributed by atoms with Crippen molar-refractivity contribution in [2.45, 2.75) is 11.1 Å². The molecule has 0 spiro atoms. The highest BCUT2D eigenvalue weighted by atomic mass is 32.2. The molecule has 3 rings (SSSR count). The van der Waals surface area contributed by atoms with Crippen LogP contribution in [0.2, 0.25) is 0 Å². The van der Waals surface area contributed by atoms with Crippen molar-refractivity contribution in [3.05, 3.63) is 54.2 Å². The summed E-state index contributed by atoms with van der Waals surface area (Å²) in [5, 5.41) is 0.926. The lowest BCUT2D eigenvalue weighted by molar-refractivity contribution is 0.603. The summed E-state index contributed by atoms with van der Waals surface area (Å²) >= 11 is 1.25. The van der Waals surface area contributed by atoms with E-state index >= 15 is 0 Å². The highest BCUT2D eigenvalue weighted by Crippen LogP contribution is 2.29. The third-order valence-corrected chi connectivity index (χ3v) is 5.74. The third-order valence-electron chi connectivity index (χ3n) is 2.80. The summed E-state index contributed by atoms with van der Waals surface area (Å²) in [4.78, 5) is 4.15. The Morgan fingerprint density at radius 3 is 2.65 bits per heavy atom. The SMILES string of the molecule is Cc1cccc(NS(=O)(=O)c2cc3ccccc3s2)n1.